The van der Waals surface area contributed by atoms with Gasteiger partial charge >= 0.3 is 0 Å². The fraction of sp³-hybridized carbons (Fsp3) is 0.0435. The number of fused-ring (bicyclic) bond motifs is 1. The van der Waals surface area contributed by atoms with E-state index in [1.807, 2.05) is 0 Å². The molecule has 0 unspecified atom stereocenters. The zero-order valence-corrected chi connectivity index (χ0v) is 13.2. The van der Waals surface area contributed by atoms with E-state index in [2.05, 4.69) is 97.9 Å². The zero-order chi connectivity index (χ0) is 15.6. The van der Waals surface area contributed by atoms with Crippen LogP contribution in [0.5, 0.6) is 0 Å². The van der Waals surface area contributed by atoms with Crippen LogP contribution in [0.15, 0.2) is 91.0 Å². The maximum atomic E-state index is 2.30. The molecule has 0 fully saturated rings. The lowest BCUT2D eigenvalue weighted by Crippen LogP contribution is -1.86. The second kappa shape index (κ2) is 5.73. The van der Waals surface area contributed by atoms with Crippen LogP contribution in [0.25, 0.3) is 33.0 Å². The highest BCUT2D eigenvalue weighted by Gasteiger charge is 2.05. The molecule has 0 amide bonds. The van der Waals surface area contributed by atoms with Crippen molar-refractivity contribution in [3.05, 3.63) is 96.6 Å². The van der Waals surface area contributed by atoms with Gasteiger partial charge in [-0.2, -0.15) is 0 Å². The molecule has 23 heavy (non-hydrogen) atoms. The van der Waals surface area contributed by atoms with Crippen LogP contribution in [0.2, 0.25) is 0 Å². The predicted octanol–water partition coefficient (Wildman–Crippen LogP) is 6.48. The minimum absolute atomic E-state index is 1.26. The Morgan fingerprint density at radius 3 is 1.96 bits per heavy atom. The molecular formula is C23H18. The van der Waals surface area contributed by atoms with E-state index in [4.69, 9.17) is 0 Å². The van der Waals surface area contributed by atoms with Crippen molar-refractivity contribution in [2.45, 2.75) is 6.92 Å². The Kier molecular flexibility index (Phi) is 3.44. The van der Waals surface area contributed by atoms with Gasteiger partial charge in [-0.1, -0.05) is 78.9 Å². The number of hydrogen-bond donors (Lipinski definition) is 0. The Morgan fingerprint density at radius 2 is 1.13 bits per heavy atom. The molecule has 0 radical (unpaired) electrons. The van der Waals surface area contributed by atoms with Gasteiger partial charge in [-0.15, -0.1) is 0 Å². The minimum Gasteiger partial charge on any atom is -0.0622 e. The molecule has 0 nitrogen and oxygen atoms in total. The van der Waals surface area contributed by atoms with Crippen molar-refractivity contribution in [3.8, 4) is 22.3 Å². The SMILES string of the molecule is Cc1ccc(-c2ccc3ccccc3c2)cc1-c1ccccc1. The molecule has 4 aromatic rings. The fourth-order valence-corrected chi connectivity index (χ4v) is 3.10. The molecule has 0 bridgehead atoms. The van der Waals surface area contributed by atoms with Crippen molar-refractivity contribution < 1.29 is 0 Å². The molecule has 0 spiro atoms. The van der Waals surface area contributed by atoms with Crippen molar-refractivity contribution in [3.63, 3.8) is 0 Å². The van der Waals surface area contributed by atoms with Crippen molar-refractivity contribution in [1.82, 2.24) is 0 Å². The third-order valence-electron chi connectivity index (χ3n) is 4.41. The third kappa shape index (κ3) is 2.64. The molecular weight excluding hydrogens is 276 g/mol. The number of aryl methyl sites for hydroxylation is 1. The van der Waals surface area contributed by atoms with Gasteiger partial charge in [0.05, 0.1) is 0 Å². The van der Waals surface area contributed by atoms with Gasteiger partial charge in [0.15, 0.2) is 0 Å². The van der Waals surface area contributed by atoms with E-state index in [0.717, 1.165) is 0 Å². The van der Waals surface area contributed by atoms with E-state index in [1.54, 1.807) is 0 Å². The van der Waals surface area contributed by atoms with Crippen LogP contribution in [0, 0.1) is 6.92 Å². The van der Waals surface area contributed by atoms with Crippen LogP contribution in [0.3, 0.4) is 0 Å². The Bertz CT molecular complexity index is 965. The minimum atomic E-state index is 1.26. The van der Waals surface area contributed by atoms with Gasteiger partial charge in [-0.3, -0.25) is 0 Å². The molecule has 0 aromatic heterocycles. The first-order chi connectivity index (χ1) is 11.3. The molecule has 0 aliphatic rings. The van der Waals surface area contributed by atoms with Gasteiger partial charge in [0.1, 0.15) is 0 Å². The quantitative estimate of drug-likeness (QED) is 0.397. The summed E-state index contributed by atoms with van der Waals surface area (Å²) in [5, 5.41) is 2.57. The first kappa shape index (κ1) is 13.8. The summed E-state index contributed by atoms with van der Waals surface area (Å²) in [4.78, 5) is 0. The summed E-state index contributed by atoms with van der Waals surface area (Å²) in [6, 6.07) is 32.5. The average Bonchev–Trinajstić information content (AvgIpc) is 2.62. The lowest BCUT2D eigenvalue weighted by atomic mass is 9.94. The monoisotopic (exact) mass is 294 g/mol. The molecule has 4 aromatic carbocycles. The topological polar surface area (TPSA) is 0 Å². The lowest BCUT2D eigenvalue weighted by molar-refractivity contribution is 1.45. The molecule has 110 valence electrons. The number of hydrogen-bond acceptors (Lipinski definition) is 0. The molecule has 0 aliphatic heterocycles. The van der Waals surface area contributed by atoms with E-state index in [0.29, 0.717) is 0 Å². The molecule has 0 atom stereocenters. The Labute approximate surface area is 137 Å². The zero-order valence-electron chi connectivity index (χ0n) is 13.2. The standard InChI is InChI=1S/C23H18/c1-17-11-12-22(16-23(17)19-8-3-2-4-9-19)21-14-13-18-7-5-6-10-20(18)15-21/h2-16H,1H3. The normalized spacial score (nSPS) is 10.8. The molecule has 0 heteroatoms. The van der Waals surface area contributed by atoms with E-state index >= 15 is 0 Å². The smallest absolute Gasteiger partial charge is 0.0149 e. The predicted molar refractivity (Wildman–Crippen MR) is 99.6 cm³/mol. The Morgan fingerprint density at radius 1 is 0.478 bits per heavy atom. The van der Waals surface area contributed by atoms with Crippen LogP contribution < -0.4 is 0 Å². The summed E-state index contributed by atoms with van der Waals surface area (Å²) in [5.41, 5.74) is 6.41. The van der Waals surface area contributed by atoms with Crippen LogP contribution in [-0.4, -0.2) is 0 Å². The van der Waals surface area contributed by atoms with Crippen molar-refractivity contribution in [2.75, 3.05) is 0 Å². The second-order valence-electron chi connectivity index (χ2n) is 5.96. The first-order valence-electron chi connectivity index (χ1n) is 7.96. The maximum absolute atomic E-state index is 2.30. The highest BCUT2D eigenvalue weighted by atomic mass is 14.1. The van der Waals surface area contributed by atoms with E-state index in [1.165, 1.54) is 38.6 Å². The van der Waals surface area contributed by atoms with Crippen molar-refractivity contribution in [2.24, 2.45) is 0 Å². The average molecular weight is 294 g/mol. The lowest BCUT2D eigenvalue weighted by Gasteiger charge is -2.10. The van der Waals surface area contributed by atoms with Crippen LogP contribution >= 0.6 is 0 Å². The van der Waals surface area contributed by atoms with Crippen LogP contribution in [0.4, 0.5) is 0 Å². The van der Waals surface area contributed by atoms with Gasteiger partial charge in [0.25, 0.3) is 0 Å². The largest absolute Gasteiger partial charge is 0.0622 e. The second-order valence-corrected chi connectivity index (χ2v) is 5.96. The first-order valence-corrected chi connectivity index (χ1v) is 7.96. The molecule has 0 aliphatic carbocycles. The van der Waals surface area contributed by atoms with Crippen LogP contribution in [0.1, 0.15) is 5.56 Å². The summed E-state index contributed by atoms with van der Waals surface area (Å²) in [6.45, 7) is 2.17. The van der Waals surface area contributed by atoms with Gasteiger partial charge in [-0.25, -0.2) is 0 Å². The van der Waals surface area contributed by atoms with E-state index < -0.39 is 0 Å². The third-order valence-corrected chi connectivity index (χ3v) is 4.41. The summed E-state index contributed by atoms with van der Waals surface area (Å²) in [5.74, 6) is 0. The highest BCUT2D eigenvalue weighted by molar-refractivity contribution is 5.88. The van der Waals surface area contributed by atoms with E-state index in [9.17, 15) is 0 Å². The van der Waals surface area contributed by atoms with Gasteiger partial charge in [0, 0.05) is 0 Å². The summed E-state index contributed by atoms with van der Waals surface area (Å²) < 4.78 is 0. The summed E-state index contributed by atoms with van der Waals surface area (Å²) >= 11 is 0. The van der Waals surface area contributed by atoms with E-state index in [-0.39, 0.29) is 0 Å². The maximum Gasteiger partial charge on any atom is -0.0149 e. The number of rotatable bonds is 2. The molecule has 0 saturated heterocycles. The fourth-order valence-electron chi connectivity index (χ4n) is 3.10. The van der Waals surface area contributed by atoms with Crippen molar-refractivity contribution in [1.29, 1.82) is 0 Å². The molecule has 4 rings (SSSR count). The molecule has 0 heterocycles. The van der Waals surface area contributed by atoms with Crippen molar-refractivity contribution >= 4 is 10.8 Å². The Hall–Kier alpha value is -2.86. The van der Waals surface area contributed by atoms with Crippen LogP contribution in [-0.2, 0) is 0 Å². The number of benzene rings is 4. The molecule has 0 saturated carbocycles. The summed E-state index contributed by atoms with van der Waals surface area (Å²) in [6.07, 6.45) is 0. The Balaban J connectivity index is 1.85. The highest BCUT2D eigenvalue weighted by Crippen LogP contribution is 2.30. The summed E-state index contributed by atoms with van der Waals surface area (Å²) in [7, 11) is 0. The van der Waals surface area contributed by atoms with Gasteiger partial charge in [0.2, 0.25) is 0 Å². The molecule has 0 N–H and O–H groups in total. The van der Waals surface area contributed by atoms with Gasteiger partial charge < -0.3 is 0 Å². The van der Waals surface area contributed by atoms with Gasteiger partial charge in [-0.05, 0) is 57.6 Å².